The molecule has 4 nitrogen and oxygen atoms in total. The maximum absolute atomic E-state index is 13.1. The Morgan fingerprint density at radius 3 is 2.38 bits per heavy atom. The van der Waals surface area contributed by atoms with E-state index in [1.807, 2.05) is 41.9 Å². The highest BCUT2D eigenvalue weighted by Crippen LogP contribution is 2.49. The summed E-state index contributed by atoms with van der Waals surface area (Å²) in [5, 5.41) is 7.46. The third kappa shape index (κ3) is 2.92. The molecular weight excluding hydrogens is 322 g/mol. The van der Waals surface area contributed by atoms with Crippen molar-refractivity contribution in [3.63, 3.8) is 0 Å². The fraction of sp³-hybridized carbons (Fsp3) is 0.273. The van der Waals surface area contributed by atoms with Crippen molar-refractivity contribution in [1.29, 1.82) is 0 Å². The van der Waals surface area contributed by atoms with E-state index in [2.05, 4.69) is 42.5 Å². The van der Waals surface area contributed by atoms with Gasteiger partial charge in [0.1, 0.15) is 0 Å². The van der Waals surface area contributed by atoms with E-state index in [9.17, 15) is 4.79 Å². The number of carbonyl (C=O) groups excluding carboxylic acids is 1. The smallest absolute Gasteiger partial charge is 0.235 e. The number of aryl methyl sites for hydroxylation is 3. The summed E-state index contributed by atoms with van der Waals surface area (Å²) in [6.07, 6.45) is 3.58. The lowest BCUT2D eigenvalue weighted by Gasteiger charge is -2.18. The predicted molar refractivity (Wildman–Crippen MR) is 104 cm³/mol. The number of anilines is 1. The second-order valence-corrected chi connectivity index (χ2v) is 7.35. The van der Waals surface area contributed by atoms with Crippen LogP contribution < -0.4 is 5.32 Å². The van der Waals surface area contributed by atoms with Gasteiger partial charge >= 0.3 is 0 Å². The second-order valence-electron chi connectivity index (χ2n) is 7.35. The quantitative estimate of drug-likeness (QED) is 0.758. The van der Waals surface area contributed by atoms with Gasteiger partial charge in [0.2, 0.25) is 5.91 Å². The lowest BCUT2D eigenvalue weighted by molar-refractivity contribution is -0.118. The molecule has 4 rings (SSSR count). The molecule has 0 radical (unpaired) electrons. The molecule has 0 aliphatic heterocycles. The molecule has 0 bridgehead atoms. The molecule has 0 unspecified atom stereocenters. The highest BCUT2D eigenvalue weighted by Gasteiger charge is 2.51. The SMILES string of the molecule is Cc1cc(C)cc(C2(C(=O)Nc3cccc(-n4nccc4C)c3)CC2)c1. The zero-order valence-corrected chi connectivity index (χ0v) is 15.4. The molecule has 0 saturated heterocycles. The largest absolute Gasteiger partial charge is 0.325 e. The van der Waals surface area contributed by atoms with Crippen molar-refractivity contribution in [3.05, 3.63) is 77.1 Å². The van der Waals surface area contributed by atoms with Crippen LogP contribution in [0, 0.1) is 20.8 Å². The molecule has 4 heteroatoms. The van der Waals surface area contributed by atoms with Crippen molar-refractivity contribution < 1.29 is 4.79 Å². The van der Waals surface area contributed by atoms with Crippen LogP contribution in [-0.4, -0.2) is 15.7 Å². The van der Waals surface area contributed by atoms with Gasteiger partial charge in [0.05, 0.1) is 11.1 Å². The van der Waals surface area contributed by atoms with Crippen LogP contribution in [0.3, 0.4) is 0 Å². The van der Waals surface area contributed by atoms with Gasteiger partial charge in [-0.1, -0.05) is 35.4 Å². The fourth-order valence-corrected chi connectivity index (χ4v) is 3.63. The van der Waals surface area contributed by atoms with Crippen LogP contribution in [-0.2, 0) is 10.2 Å². The summed E-state index contributed by atoms with van der Waals surface area (Å²) in [5.41, 5.74) is 5.97. The summed E-state index contributed by atoms with van der Waals surface area (Å²) < 4.78 is 1.87. The van der Waals surface area contributed by atoms with E-state index in [1.54, 1.807) is 6.20 Å². The van der Waals surface area contributed by atoms with E-state index < -0.39 is 0 Å². The number of benzene rings is 2. The monoisotopic (exact) mass is 345 g/mol. The Bertz CT molecular complexity index is 962. The van der Waals surface area contributed by atoms with Gasteiger partial charge in [-0.2, -0.15) is 5.10 Å². The van der Waals surface area contributed by atoms with E-state index in [-0.39, 0.29) is 11.3 Å². The normalized spacial score (nSPS) is 14.9. The Labute approximate surface area is 153 Å². The molecule has 1 N–H and O–H groups in total. The Morgan fingerprint density at radius 2 is 1.77 bits per heavy atom. The molecule has 0 atom stereocenters. The lowest BCUT2D eigenvalue weighted by atomic mass is 9.92. The van der Waals surface area contributed by atoms with Crippen LogP contribution in [0.15, 0.2) is 54.7 Å². The molecule has 3 aromatic rings. The minimum atomic E-state index is -0.381. The molecule has 2 aromatic carbocycles. The first-order valence-electron chi connectivity index (χ1n) is 8.99. The number of carbonyl (C=O) groups is 1. The second kappa shape index (κ2) is 6.13. The highest BCUT2D eigenvalue weighted by atomic mass is 16.2. The maximum atomic E-state index is 13.1. The molecule has 1 aliphatic rings. The Morgan fingerprint density at radius 1 is 1.04 bits per heavy atom. The topological polar surface area (TPSA) is 46.9 Å². The van der Waals surface area contributed by atoms with Gasteiger partial charge in [0.15, 0.2) is 0 Å². The van der Waals surface area contributed by atoms with Gasteiger partial charge < -0.3 is 5.32 Å². The summed E-state index contributed by atoms with van der Waals surface area (Å²) in [6.45, 7) is 6.18. The Hall–Kier alpha value is -2.88. The van der Waals surface area contributed by atoms with E-state index in [4.69, 9.17) is 0 Å². The molecule has 26 heavy (non-hydrogen) atoms. The van der Waals surface area contributed by atoms with Gasteiger partial charge in [-0.25, -0.2) is 4.68 Å². The zero-order chi connectivity index (χ0) is 18.3. The third-order valence-corrected chi connectivity index (χ3v) is 5.14. The molecule has 1 saturated carbocycles. The van der Waals surface area contributed by atoms with Gasteiger partial charge in [-0.3, -0.25) is 4.79 Å². The van der Waals surface area contributed by atoms with Crippen molar-refractivity contribution >= 4 is 11.6 Å². The average Bonchev–Trinajstić information content (AvgIpc) is 3.30. The van der Waals surface area contributed by atoms with Crippen molar-refractivity contribution in [1.82, 2.24) is 9.78 Å². The molecule has 1 heterocycles. The van der Waals surface area contributed by atoms with Gasteiger partial charge in [-0.15, -0.1) is 0 Å². The summed E-state index contributed by atoms with van der Waals surface area (Å²) in [6, 6.07) is 16.2. The van der Waals surface area contributed by atoms with Crippen molar-refractivity contribution in [2.45, 2.75) is 39.0 Å². The third-order valence-electron chi connectivity index (χ3n) is 5.14. The predicted octanol–water partition coefficient (Wildman–Crippen LogP) is 4.47. The molecular formula is C22H23N3O. The van der Waals surface area contributed by atoms with Crippen LogP contribution in [0.5, 0.6) is 0 Å². The molecule has 1 amide bonds. The van der Waals surface area contributed by atoms with E-state index in [0.717, 1.165) is 35.5 Å². The first-order chi connectivity index (χ1) is 12.5. The summed E-state index contributed by atoms with van der Waals surface area (Å²) in [5.74, 6) is 0.0804. The van der Waals surface area contributed by atoms with Crippen molar-refractivity contribution in [2.75, 3.05) is 5.32 Å². The molecule has 1 fully saturated rings. The van der Waals surface area contributed by atoms with Crippen LogP contribution in [0.4, 0.5) is 5.69 Å². The first-order valence-corrected chi connectivity index (χ1v) is 8.99. The van der Waals surface area contributed by atoms with Gasteiger partial charge in [0.25, 0.3) is 0 Å². The number of hydrogen-bond donors (Lipinski definition) is 1. The minimum absolute atomic E-state index is 0.0804. The van der Waals surface area contributed by atoms with Crippen molar-refractivity contribution in [2.24, 2.45) is 0 Å². The first kappa shape index (κ1) is 16.6. The number of aromatic nitrogens is 2. The maximum Gasteiger partial charge on any atom is 0.235 e. The summed E-state index contributed by atoms with van der Waals surface area (Å²) in [7, 11) is 0. The molecule has 132 valence electrons. The average molecular weight is 345 g/mol. The molecule has 1 aromatic heterocycles. The van der Waals surface area contributed by atoms with Crippen LogP contribution >= 0.6 is 0 Å². The minimum Gasteiger partial charge on any atom is -0.325 e. The number of amides is 1. The molecule has 1 aliphatic carbocycles. The van der Waals surface area contributed by atoms with Crippen molar-refractivity contribution in [3.8, 4) is 5.69 Å². The standard InChI is InChI=1S/C22H23N3O/c1-15-11-16(2)13-18(12-15)22(8-9-22)21(26)24-19-5-4-6-20(14-19)25-17(3)7-10-23-25/h4-7,10-14H,8-9H2,1-3H3,(H,24,26). The summed E-state index contributed by atoms with van der Waals surface area (Å²) in [4.78, 5) is 13.1. The molecule has 0 spiro atoms. The Balaban J connectivity index is 1.60. The van der Waals surface area contributed by atoms with Crippen LogP contribution in [0.1, 0.15) is 35.2 Å². The number of nitrogens with one attached hydrogen (secondary N) is 1. The van der Waals surface area contributed by atoms with Gasteiger partial charge in [0, 0.05) is 17.6 Å². The number of nitrogens with zero attached hydrogens (tertiary/aromatic N) is 2. The lowest BCUT2D eigenvalue weighted by Crippen LogP contribution is -2.28. The van der Waals surface area contributed by atoms with Crippen LogP contribution in [0.25, 0.3) is 5.69 Å². The van der Waals surface area contributed by atoms with Crippen LogP contribution in [0.2, 0.25) is 0 Å². The highest BCUT2D eigenvalue weighted by molar-refractivity contribution is 6.01. The number of hydrogen-bond acceptors (Lipinski definition) is 2. The van der Waals surface area contributed by atoms with Gasteiger partial charge in [-0.05, 0) is 63.4 Å². The van der Waals surface area contributed by atoms with E-state index >= 15 is 0 Å². The number of rotatable bonds is 4. The van der Waals surface area contributed by atoms with E-state index in [0.29, 0.717) is 0 Å². The summed E-state index contributed by atoms with van der Waals surface area (Å²) >= 11 is 0. The fourth-order valence-electron chi connectivity index (χ4n) is 3.63. The van der Waals surface area contributed by atoms with E-state index in [1.165, 1.54) is 11.1 Å². The zero-order valence-electron chi connectivity index (χ0n) is 15.4. The Kier molecular flexibility index (Phi) is 3.91.